The van der Waals surface area contributed by atoms with E-state index in [1.54, 1.807) is 24.5 Å². The Hall–Kier alpha value is -2.30. The van der Waals surface area contributed by atoms with Crippen LogP contribution in [0.5, 0.6) is 0 Å². The number of nitrogens with one attached hydrogen (secondary N) is 2. The second-order valence-electron chi connectivity index (χ2n) is 3.69. The molecule has 5 heteroatoms. The second-order valence-corrected chi connectivity index (χ2v) is 3.69. The van der Waals surface area contributed by atoms with Crippen molar-refractivity contribution in [2.24, 2.45) is 0 Å². The number of anilines is 1. The molecule has 1 aromatic carbocycles. The van der Waals surface area contributed by atoms with Gasteiger partial charge in [-0.25, -0.2) is 0 Å². The normalized spacial score (nSPS) is 10.2. The van der Waals surface area contributed by atoms with Gasteiger partial charge >= 0.3 is 0 Å². The first-order valence-electron chi connectivity index (χ1n) is 5.38. The molecule has 0 radical (unpaired) electrons. The zero-order valence-corrected chi connectivity index (χ0v) is 9.53. The van der Waals surface area contributed by atoms with Gasteiger partial charge in [0, 0.05) is 29.6 Å². The van der Waals surface area contributed by atoms with Crippen molar-refractivity contribution >= 4 is 11.6 Å². The molecule has 0 bridgehead atoms. The lowest BCUT2D eigenvalue weighted by molar-refractivity contribution is 0.0956. The zero-order valence-electron chi connectivity index (χ0n) is 9.53. The first kappa shape index (κ1) is 11.2. The van der Waals surface area contributed by atoms with E-state index in [0.29, 0.717) is 17.8 Å². The fourth-order valence-corrected chi connectivity index (χ4v) is 1.62. The summed E-state index contributed by atoms with van der Waals surface area (Å²) in [6, 6.07) is 5.27. The lowest BCUT2D eigenvalue weighted by atomic mass is 10.0. The van der Waals surface area contributed by atoms with E-state index in [9.17, 15) is 4.79 Å². The van der Waals surface area contributed by atoms with Crippen LogP contribution in [-0.2, 0) is 0 Å². The van der Waals surface area contributed by atoms with Crippen LogP contribution in [0.2, 0.25) is 0 Å². The third-order valence-corrected chi connectivity index (χ3v) is 2.39. The summed E-state index contributed by atoms with van der Waals surface area (Å²) in [6.45, 7) is 2.47. The molecule has 0 unspecified atom stereocenters. The van der Waals surface area contributed by atoms with Gasteiger partial charge in [-0.2, -0.15) is 5.10 Å². The summed E-state index contributed by atoms with van der Waals surface area (Å²) in [7, 11) is 0. The van der Waals surface area contributed by atoms with E-state index in [-0.39, 0.29) is 5.91 Å². The SMILES string of the molecule is CCNC(=O)c1cc(N)cc(-c2cn[nH]c2)c1. The number of carbonyl (C=O) groups is 1. The smallest absolute Gasteiger partial charge is 0.251 e. The van der Waals surface area contributed by atoms with Crippen LogP contribution in [-0.4, -0.2) is 22.6 Å². The highest BCUT2D eigenvalue weighted by molar-refractivity contribution is 5.96. The molecule has 0 fully saturated rings. The average Bonchev–Trinajstić information content (AvgIpc) is 2.82. The summed E-state index contributed by atoms with van der Waals surface area (Å²) in [5.74, 6) is -0.121. The molecule has 5 nitrogen and oxygen atoms in total. The van der Waals surface area contributed by atoms with Crippen molar-refractivity contribution in [3.63, 3.8) is 0 Å². The number of aromatic amines is 1. The lowest BCUT2D eigenvalue weighted by Crippen LogP contribution is -2.22. The molecule has 4 N–H and O–H groups in total. The first-order chi connectivity index (χ1) is 8.20. The van der Waals surface area contributed by atoms with Gasteiger partial charge in [-0.3, -0.25) is 9.89 Å². The van der Waals surface area contributed by atoms with E-state index >= 15 is 0 Å². The summed E-state index contributed by atoms with van der Waals surface area (Å²) < 4.78 is 0. The van der Waals surface area contributed by atoms with Gasteiger partial charge in [0.25, 0.3) is 5.91 Å². The van der Waals surface area contributed by atoms with Crippen LogP contribution in [0, 0.1) is 0 Å². The number of nitrogen functional groups attached to an aromatic ring is 1. The average molecular weight is 230 g/mol. The minimum absolute atomic E-state index is 0.121. The third-order valence-electron chi connectivity index (χ3n) is 2.39. The molecule has 2 rings (SSSR count). The standard InChI is InChI=1S/C12H14N4O/c1-2-14-12(17)9-3-8(4-11(13)5-9)10-6-15-16-7-10/h3-7H,2,13H2,1H3,(H,14,17)(H,15,16). The Bertz CT molecular complexity index is 519. The van der Waals surface area contributed by atoms with Crippen molar-refractivity contribution < 1.29 is 4.79 Å². The van der Waals surface area contributed by atoms with Gasteiger partial charge in [-0.05, 0) is 30.7 Å². The molecular weight excluding hydrogens is 216 g/mol. The number of carbonyl (C=O) groups excluding carboxylic acids is 1. The number of nitrogens with two attached hydrogens (primary N) is 1. The molecule has 0 saturated heterocycles. The molecule has 0 aliphatic heterocycles. The van der Waals surface area contributed by atoms with E-state index < -0.39 is 0 Å². The molecule has 2 aromatic rings. The van der Waals surface area contributed by atoms with Gasteiger partial charge in [0.05, 0.1) is 6.20 Å². The van der Waals surface area contributed by atoms with Gasteiger partial charge in [0.1, 0.15) is 0 Å². The summed E-state index contributed by atoms with van der Waals surface area (Å²) >= 11 is 0. The Labute approximate surface area is 99.0 Å². The van der Waals surface area contributed by atoms with E-state index in [4.69, 9.17) is 5.73 Å². The number of aromatic nitrogens is 2. The Morgan fingerprint density at radius 3 is 2.88 bits per heavy atom. The molecule has 1 heterocycles. The summed E-state index contributed by atoms with van der Waals surface area (Å²) in [4.78, 5) is 11.7. The van der Waals surface area contributed by atoms with E-state index in [2.05, 4.69) is 15.5 Å². The minimum atomic E-state index is -0.121. The van der Waals surface area contributed by atoms with Gasteiger partial charge in [0.15, 0.2) is 0 Å². The molecule has 0 aliphatic carbocycles. The van der Waals surface area contributed by atoms with Crippen LogP contribution in [0.15, 0.2) is 30.6 Å². The fraction of sp³-hybridized carbons (Fsp3) is 0.167. The lowest BCUT2D eigenvalue weighted by Gasteiger charge is -2.06. The second kappa shape index (κ2) is 4.69. The minimum Gasteiger partial charge on any atom is -0.399 e. The van der Waals surface area contributed by atoms with Crippen molar-refractivity contribution in [2.45, 2.75) is 6.92 Å². The molecule has 0 saturated carbocycles. The highest BCUT2D eigenvalue weighted by atomic mass is 16.1. The topological polar surface area (TPSA) is 83.8 Å². The van der Waals surface area contributed by atoms with Crippen molar-refractivity contribution in [3.05, 3.63) is 36.2 Å². The van der Waals surface area contributed by atoms with E-state index in [1.807, 2.05) is 13.0 Å². The summed E-state index contributed by atoms with van der Waals surface area (Å²) in [6.07, 6.45) is 3.45. The number of hydrogen-bond acceptors (Lipinski definition) is 3. The molecule has 1 amide bonds. The Balaban J connectivity index is 2.39. The molecular formula is C12H14N4O. The highest BCUT2D eigenvalue weighted by Crippen LogP contribution is 2.22. The van der Waals surface area contributed by atoms with Gasteiger partial charge in [-0.15, -0.1) is 0 Å². The Morgan fingerprint density at radius 1 is 1.41 bits per heavy atom. The zero-order chi connectivity index (χ0) is 12.3. The quantitative estimate of drug-likeness (QED) is 0.697. The molecule has 0 spiro atoms. The largest absolute Gasteiger partial charge is 0.399 e. The van der Waals surface area contributed by atoms with E-state index in [0.717, 1.165) is 11.1 Å². The maximum absolute atomic E-state index is 11.7. The van der Waals surface area contributed by atoms with Crippen LogP contribution >= 0.6 is 0 Å². The van der Waals surface area contributed by atoms with Gasteiger partial charge < -0.3 is 11.1 Å². The van der Waals surface area contributed by atoms with Crippen LogP contribution in [0.25, 0.3) is 11.1 Å². The maximum atomic E-state index is 11.7. The van der Waals surface area contributed by atoms with Crippen molar-refractivity contribution in [2.75, 3.05) is 12.3 Å². The number of H-pyrrole nitrogens is 1. The predicted molar refractivity (Wildman–Crippen MR) is 66.4 cm³/mol. The van der Waals surface area contributed by atoms with Crippen LogP contribution in [0.4, 0.5) is 5.69 Å². The van der Waals surface area contributed by atoms with Crippen LogP contribution in [0.1, 0.15) is 17.3 Å². The molecule has 17 heavy (non-hydrogen) atoms. The number of nitrogens with zero attached hydrogens (tertiary/aromatic N) is 1. The van der Waals surface area contributed by atoms with Gasteiger partial charge in [0.2, 0.25) is 0 Å². The van der Waals surface area contributed by atoms with Crippen LogP contribution in [0.3, 0.4) is 0 Å². The number of hydrogen-bond donors (Lipinski definition) is 3. The fourth-order valence-electron chi connectivity index (χ4n) is 1.62. The maximum Gasteiger partial charge on any atom is 0.251 e. The number of amides is 1. The van der Waals surface area contributed by atoms with Crippen molar-refractivity contribution in [3.8, 4) is 11.1 Å². The summed E-state index contributed by atoms with van der Waals surface area (Å²) in [5, 5.41) is 9.35. The van der Waals surface area contributed by atoms with Crippen LogP contribution < -0.4 is 11.1 Å². The molecule has 0 aliphatic rings. The highest BCUT2D eigenvalue weighted by Gasteiger charge is 2.08. The van der Waals surface area contributed by atoms with Crippen molar-refractivity contribution in [1.82, 2.24) is 15.5 Å². The monoisotopic (exact) mass is 230 g/mol. The predicted octanol–water partition coefficient (Wildman–Crippen LogP) is 1.41. The molecule has 1 aromatic heterocycles. The van der Waals surface area contributed by atoms with Gasteiger partial charge in [-0.1, -0.05) is 0 Å². The first-order valence-corrected chi connectivity index (χ1v) is 5.38. The molecule has 88 valence electrons. The number of benzene rings is 1. The third kappa shape index (κ3) is 2.44. The number of rotatable bonds is 3. The summed E-state index contributed by atoms with van der Waals surface area (Å²) in [5.41, 5.74) is 8.69. The molecule has 0 atom stereocenters. The Kier molecular flexibility index (Phi) is 3.09. The van der Waals surface area contributed by atoms with Crippen molar-refractivity contribution in [1.29, 1.82) is 0 Å². The Morgan fingerprint density at radius 2 is 2.24 bits per heavy atom. The van der Waals surface area contributed by atoms with E-state index in [1.165, 1.54) is 0 Å².